The summed E-state index contributed by atoms with van der Waals surface area (Å²) in [6.45, 7) is 8.24. The van der Waals surface area contributed by atoms with Gasteiger partial charge in [0, 0.05) is 34.2 Å². The van der Waals surface area contributed by atoms with Crippen LogP contribution in [-0.4, -0.2) is 108 Å². The molecule has 2 aromatic carbocycles. The summed E-state index contributed by atoms with van der Waals surface area (Å²) in [5, 5.41) is 0. The number of ether oxygens (including phenoxy) is 8. The van der Waals surface area contributed by atoms with Crippen molar-refractivity contribution >= 4 is 19.5 Å². The molecule has 13 nitrogen and oxygen atoms in total. The zero-order chi connectivity index (χ0) is 35.8. The third-order valence-corrected chi connectivity index (χ3v) is 9.86. The highest BCUT2D eigenvalue weighted by Gasteiger charge is 2.49. The first kappa shape index (κ1) is 40.7. The van der Waals surface area contributed by atoms with Crippen LogP contribution in [0.25, 0.3) is 0 Å². The van der Waals surface area contributed by atoms with Crippen molar-refractivity contribution < 1.29 is 61.1 Å². The third-order valence-electron chi connectivity index (χ3n) is 7.39. The lowest BCUT2D eigenvalue weighted by Gasteiger charge is -2.27. The number of carbonyl (C=O) groups excluding carboxylic acids is 2. The Morgan fingerprint density at radius 3 is 1.63 bits per heavy atom. The van der Waals surface area contributed by atoms with Gasteiger partial charge in [-0.15, -0.1) is 0 Å². The number of carbonyl (C=O) groups is 2. The molecule has 0 radical (unpaired) electrons. The summed E-state index contributed by atoms with van der Waals surface area (Å²) in [5.41, 5.74) is 0.973. The third kappa shape index (κ3) is 13.2. The number of hydrogen-bond donors (Lipinski definition) is 0. The van der Waals surface area contributed by atoms with E-state index in [1.54, 1.807) is 97.6 Å². The van der Waals surface area contributed by atoms with Crippen LogP contribution in [0.4, 0.5) is 0 Å². The molecular formula is C35H51O13P. The van der Waals surface area contributed by atoms with E-state index in [0.717, 1.165) is 0 Å². The van der Waals surface area contributed by atoms with E-state index in [4.69, 9.17) is 46.9 Å². The van der Waals surface area contributed by atoms with E-state index in [1.807, 2.05) is 12.1 Å². The lowest BCUT2D eigenvalue weighted by molar-refractivity contribution is -0.150. The molecule has 14 heteroatoms. The van der Waals surface area contributed by atoms with Gasteiger partial charge in [0.2, 0.25) is 0 Å². The van der Waals surface area contributed by atoms with Gasteiger partial charge in [-0.3, -0.25) is 4.57 Å². The smallest absolute Gasteiger partial charge is 0.359 e. The predicted molar refractivity (Wildman–Crippen MR) is 179 cm³/mol. The highest BCUT2D eigenvalue weighted by molar-refractivity contribution is 7.54. The van der Waals surface area contributed by atoms with Crippen molar-refractivity contribution in [3.8, 4) is 0 Å². The minimum Gasteiger partial charge on any atom is -0.459 e. The summed E-state index contributed by atoms with van der Waals surface area (Å²) in [7, 11) is 1.25. The number of benzene rings is 2. The number of rotatable bonds is 17. The van der Waals surface area contributed by atoms with Crippen LogP contribution in [0.1, 0.15) is 61.3 Å². The molecule has 0 N–H and O–H groups in total. The van der Waals surface area contributed by atoms with Crippen LogP contribution in [0, 0.1) is 0 Å². The number of hydrogen-bond acceptors (Lipinski definition) is 13. The van der Waals surface area contributed by atoms with Crippen molar-refractivity contribution in [1.82, 2.24) is 0 Å². The first-order valence-electron chi connectivity index (χ1n) is 16.4. The molecule has 49 heavy (non-hydrogen) atoms. The normalized spacial score (nSPS) is 23.7. The fraction of sp³-hybridized carbons (Fsp3) is 0.600. The van der Waals surface area contributed by atoms with Crippen LogP contribution in [-0.2, 0) is 51.5 Å². The Bertz CT molecular complexity index is 1280. The van der Waals surface area contributed by atoms with Crippen molar-refractivity contribution in [2.24, 2.45) is 0 Å². The topological polar surface area (TPSA) is 144 Å². The highest BCUT2D eigenvalue weighted by atomic mass is 31.2. The zero-order valence-corrected chi connectivity index (χ0v) is 30.3. The number of methoxy groups -OCH3 is 3. The molecule has 0 aliphatic carbocycles. The Kier molecular flexibility index (Phi) is 17.3. The van der Waals surface area contributed by atoms with E-state index in [0.29, 0.717) is 37.2 Å². The average Bonchev–Trinajstić information content (AvgIpc) is 3.70. The largest absolute Gasteiger partial charge is 0.459 e. The van der Waals surface area contributed by atoms with Crippen LogP contribution >= 0.6 is 7.60 Å². The fourth-order valence-electron chi connectivity index (χ4n) is 5.12. The van der Waals surface area contributed by atoms with Crippen molar-refractivity contribution in [1.29, 1.82) is 0 Å². The standard InChI is InChI=1S/C19H29O7P.C16H22O6/c1-13(2)25-27(21,26-14(3)4)18-11-16(22-5)17(24-18)12-23-19(20)15-9-7-6-8-10-15;1-18-8-9-20-15-10-13(19-2)14(22-15)11-21-16(17)12-6-4-3-5-7-12/h6-10,13-14,16-18H,11-12H2,1-5H3;3-7,13-15H,8-11H2,1-2H3/t16-,17+,18-;13-,14+,15?/m00/s1. The van der Waals surface area contributed by atoms with Gasteiger partial charge in [0.05, 0.1) is 48.8 Å². The van der Waals surface area contributed by atoms with Gasteiger partial charge in [-0.05, 0) is 52.0 Å². The SMILES string of the molecule is COCCOC1C[C@H](OC)[C@@H](COC(=O)c2ccccc2)O1.CO[C@H]1C[C@H](P(=O)(OC(C)C)OC(C)C)O[C@@H]1COC(=O)c1ccccc1. The molecule has 0 aromatic heterocycles. The van der Waals surface area contributed by atoms with E-state index in [9.17, 15) is 14.2 Å². The average molecular weight is 711 g/mol. The lowest BCUT2D eigenvalue weighted by Crippen LogP contribution is -2.29. The van der Waals surface area contributed by atoms with Crippen molar-refractivity contribution in [3.63, 3.8) is 0 Å². The van der Waals surface area contributed by atoms with Crippen molar-refractivity contribution in [2.75, 3.05) is 47.8 Å². The van der Waals surface area contributed by atoms with Gasteiger partial charge in [-0.2, -0.15) is 0 Å². The van der Waals surface area contributed by atoms with E-state index in [1.165, 1.54) is 0 Å². The molecule has 0 spiro atoms. The molecular weight excluding hydrogens is 659 g/mol. The molecule has 2 aliphatic rings. The van der Waals surface area contributed by atoms with Crippen LogP contribution in [0.3, 0.4) is 0 Å². The molecule has 2 saturated heterocycles. The summed E-state index contributed by atoms with van der Waals surface area (Å²) in [6, 6.07) is 17.6. The summed E-state index contributed by atoms with van der Waals surface area (Å²) < 4.78 is 68.0. The molecule has 274 valence electrons. The zero-order valence-electron chi connectivity index (χ0n) is 29.4. The van der Waals surface area contributed by atoms with Crippen molar-refractivity contribution in [2.45, 2.75) is 89.3 Å². The van der Waals surface area contributed by atoms with Crippen LogP contribution in [0.2, 0.25) is 0 Å². The Balaban J connectivity index is 0.000000271. The Morgan fingerprint density at radius 2 is 1.18 bits per heavy atom. The van der Waals surface area contributed by atoms with Gasteiger partial charge in [0.1, 0.15) is 25.4 Å². The molecule has 1 unspecified atom stereocenters. The molecule has 4 rings (SSSR count). The minimum atomic E-state index is -3.52. The summed E-state index contributed by atoms with van der Waals surface area (Å²) in [5.74, 6) is -1.59. The van der Waals surface area contributed by atoms with Gasteiger partial charge in [0.25, 0.3) is 0 Å². The first-order valence-corrected chi connectivity index (χ1v) is 18.0. The molecule has 0 amide bonds. The van der Waals surface area contributed by atoms with Crippen LogP contribution in [0.15, 0.2) is 60.7 Å². The molecule has 2 fully saturated rings. The van der Waals surface area contributed by atoms with Gasteiger partial charge >= 0.3 is 19.5 Å². The van der Waals surface area contributed by atoms with E-state index in [2.05, 4.69) is 0 Å². The quantitative estimate of drug-likeness (QED) is 0.113. The predicted octanol–water partition coefficient (Wildman–Crippen LogP) is 5.65. The Hall–Kier alpha value is -2.71. The number of esters is 2. The Labute approximate surface area is 289 Å². The van der Waals surface area contributed by atoms with Crippen molar-refractivity contribution in [3.05, 3.63) is 71.8 Å². The summed E-state index contributed by atoms with van der Waals surface area (Å²) in [4.78, 5) is 24.1. The van der Waals surface area contributed by atoms with Gasteiger partial charge in [0.15, 0.2) is 12.1 Å². The van der Waals surface area contributed by atoms with E-state index in [-0.39, 0.29) is 56.0 Å². The molecule has 0 saturated carbocycles. The maximum Gasteiger partial charge on any atom is 0.359 e. The summed E-state index contributed by atoms with van der Waals surface area (Å²) in [6.07, 6.45) is -1.40. The van der Waals surface area contributed by atoms with Gasteiger partial charge in [-0.1, -0.05) is 36.4 Å². The maximum atomic E-state index is 13.3. The second-order valence-electron chi connectivity index (χ2n) is 11.9. The van der Waals surface area contributed by atoms with E-state index < -0.39 is 25.5 Å². The molecule has 2 heterocycles. The second-order valence-corrected chi connectivity index (χ2v) is 14.0. The summed E-state index contributed by atoms with van der Waals surface area (Å²) >= 11 is 0. The fourth-order valence-corrected chi connectivity index (χ4v) is 7.39. The molecule has 2 aromatic rings. The molecule has 6 atom stereocenters. The van der Waals surface area contributed by atoms with Gasteiger partial charge in [-0.25, -0.2) is 9.59 Å². The molecule has 0 bridgehead atoms. The molecule has 2 aliphatic heterocycles. The monoisotopic (exact) mass is 710 g/mol. The second kappa shape index (κ2) is 20.8. The first-order chi connectivity index (χ1) is 23.5. The lowest BCUT2D eigenvalue weighted by atomic mass is 10.2. The minimum absolute atomic E-state index is 0.00785. The van der Waals surface area contributed by atoms with Crippen LogP contribution < -0.4 is 0 Å². The van der Waals surface area contributed by atoms with Gasteiger partial charge < -0.3 is 46.9 Å². The van der Waals surface area contributed by atoms with Crippen LogP contribution in [0.5, 0.6) is 0 Å². The van der Waals surface area contributed by atoms with E-state index >= 15 is 0 Å². The Morgan fingerprint density at radius 1 is 0.714 bits per heavy atom. The maximum absolute atomic E-state index is 13.3. The highest BCUT2D eigenvalue weighted by Crippen LogP contribution is 2.59.